The van der Waals surface area contributed by atoms with Crippen LogP contribution in [0.5, 0.6) is 0 Å². The zero-order valence-corrected chi connectivity index (χ0v) is 9.59. The van der Waals surface area contributed by atoms with Crippen LogP contribution < -0.4 is 10.2 Å². The fourth-order valence-electron chi connectivity index (χ4n) is 1.75. The highest BCUT2D eigenvalue weighted by Crippen LogP contribution is 2.22. The van der Waals surface area contributed by atoms with Gasteiger partial charge in [-0.1, -0.05) is 6.92 Å². The summed E-state index contributed by atoms with van der Waals surface area (Å²) in [6, 6.07) is 0.293. The number of rotatable bonds is 3. The molecule has 1 unspecified atom stereocenters. The molecule has 5 heteroatoms. The van der Waals surface area contributed by atoms with Crippen molar-refractivity contribution >= 4 is 22.4 Å². The van der Waals surface area contributed by atoms with Crippen LogP contribution >= 0.6 is 11.3 Å². The molecule has 1 aliphatic rings. The van der Waals surface area contributed by atoms with Crippen molar-refractivity contribution in [1.82, 2.24) is 10.3 Å². The molecule has 0 radical (unpaired) electrons. The first-order valence-corrected chi connectivity index (χ1v) is 6.11. The Kier molecular flexibility index (Phi) is 3.20. The Morgan fingerprint density at radius 2 is 2.67 bits per heavy atom. The van der Waals surface area contributed by atoms with Crippen molar-refractivity contribution in [2.24, 2.45) is 0 Å². The monoisotopic (exact) mass is 225 g/mol. The van der Waals surface area contributed by atoms with Gasteiger partial charge in [0.15, 0.2) is 5.13 Å². The summed E-state index contributed by atoms with van der Waals surface area (Å²) < 4.78 is 0. The normalized spacial score (nSPS) is 20.6. The molecule has 0 aliphatic carbocycles. The quantitative estimate of drug-likeness (QED) is 0.842. The number of carbonyl (C=O) groups excluding carboxylic acids is 1. The smallest absolute Gasteiger partial charge is 0.219 e. The van der Waals surface area contributed by atoms with Gasteiger partial charge >= 0.3 is 0 Å². The summed E-state index contributed by atoms with van der Waals surface area (Å²) in [4.78, 5) is 17.7. The number of anilines is 1. The summed E-state index contributed by atoms with van der Waals surface area (Å²) in [6.45, 7) is 3.75. The summed E-state index contributed by atoms with van der Waals surface area (Å²) in [5, 5.41) is 6.05. The lowest BCUT2D eigenvalue weighted by molar-refractivity contribution is -0.121. The molecule has 1 aromatic heterocycles. The van der Waals surface area contributed by atoms with Crippen LogP contribution in [0.3, 0.4) is 0 Å². The van der Waals surface area contributed by atoms with E-state index in [1.165, 1.54) is 0 Å². The van der Waals surface area contributed by atoms with Gasteiger partial charge in [0.1, 0.15) is 0 Å². The molecule has 0 bridgehead atoms. The van der Waals surface area contributed by atoms with E-state index in [2.05, 4.69) is 15.2 Å². The molecule has 2 rings (SSSR count). The minimum atomic E-state index is 0.140. The van der Waals surface area contributed by atoms with E-state index < -0.39 is 0 Å². The van der Waals surface area contributed by atoms with Gasteiger partial charge in [0, 0.05) is 37.1 Å². The SMILES string of the molecule is CCC(=O)NC1CCN(c2nccs2)C1. The molecule has 1 atom stereocenters. The molecule has 2 heterocycles. The van der Waals surface area contributed by atoms with Crippen LogP contribution in [0.1, 0.15) is 19.8 Å². The minimum Gasteiger partial charge on any atom is -0.352 e. The highest BCUT2D eigenvalue weighted by atomic mass is 32.1. The summed E-state index contributed by atoms with van der Waals surface area (Å²) in [5.41, 5.74) is 0. The van der Waals surface area contributed by atoms with Gasteiger partial charge in [-0.25, -0.2) is 4.98 Å². The molecule has 15 heavy (non-hydrogen) atoms. The fraction of sp³-hybridized carbons (Fsp3) is 0.600. The molecular weight excluding hydrogens is 210 g/mol. The highest BCUT2D eigenvalue weighted by molar-refractivity contribution is 7.13. The lowest BCUT2D eigenvalue weighted by atomic mass is 10.2. The summed E-state index contributed by atoms with van der Waals surface area (Å²) in [5.74, 6) is 0.140. The van der Waals surface area contributed by atoms with Crippen molar-refractivity contribution in [2.75, 3.05) is 18.0 Å². The minimum absolute atomic E-state index is 0.140. The first kappa shape index (κ1) is 10.4. The molecule has 1 fully saturated rings. The summed E-state index contributed by atoms with van der Waals surface area (Å²) in [7, 11) is 0. The predicted octanol–water partition coefficient (Wildman–Crippen LogP) is 1.25. The van der Waals surface area contributed by atoms with Gasteiger partial charge < -0.3 is 10.2 Å². The fourth-order valence-corrected chi connectivity index (χ4v) is 2.43. The van der Waals surface area contributed by atoms with Crippen molar-refractivity contribution in [3.63, 3.8) is 0 Å². The Bertz CT molecular complexity index is 325. The number of aromatic nitrogens is 1. The van der Waals surface area contributed by atoms with E-state index in [1.807, 2.05) is 18.5 Å². The van der Waals surface area contributed by atoms with E-state index >= 15 is 0 Å². The topological polar surface area (TPSA) is 45.2 Å². The summed E-state index contributed by atoms with van der Waals surface area (Å²) in [6.07, 6.45) is 3.40. The lowest BCUT2D eigenvalue weighted by Crippen LogP contribution is -2.36. The molecule has 0 saturated carbocycles. The maximum atomic E-state index is 11.2. The average molecular weight is 225 g/mol. The van der Waals surface area contributed by atoms with Crippen molar-refractivity contribution < 1.29 is 4.79 Å². The van der Waals surface area contributed by atoms with Crippen LogP contribution in [-0.4, -0.2) is 30.0 Å². The van der Waals surface area contributed by atoms with E-state index in [1.54, 1.807) is 11.3 Å². The predicted molar refractivity (Wildman–Crippen MR) is 61.2 cm³/mol. The van der Waals surface area contributed by atoms with E-state index in [0.717, 1.165) is 24.6 Å². The van der Waals surface area contributed by atoms with Crippen LogP contribution in [0.25, 0.3) is 0 Å². The Morgan fingerprint density at radius 3 is 3.33 bits per heavy atom. The molecule has 1 aliphatic heterocycles. The number of hydrogen-bond acceptors (Lipinski definition) is 4. The van der Waals surface area contributed by atoms with Gasteiger partial charge in [-0.3, -0.25) is 4.79 Å². The van der Waals surface area contributed by atoms with Gasteiger partial charge in [0.05, 0.1) is 0 Å². The number of hydrogen-bond donors (Lipinski definition) is 1. The zero-order chi connectivity index (χ0) is 10.7. The van der Waals surface area contributed by atoms with Crippen molar-refractivity contribution in [1.29, 1.82) is 0 Å². The third-order valence-electron chi connectivity index (χ3n) is 2.56. The van der Waals surface area contributed by atoms with Gasteiger partial charge in [-0.05, 0) is 6.42 Å². The first-order valence-electron chi connectivity index (χ1n) is 5.23. The van der Waals surface area contributed by atoms with Crippen LogP contribution in [0, 0.1) is 0 Å². The average Bonchev–Trinajstić information content (AvgIpc) is 2.85. The van der Waals surface area contributed by atoms with Crippen LogP contribution in [0.15, 0.2) is 11.6 Å². The standard InChI is InChI=1S/C10H15N3OS/c1-2-9(14)12-8-3-5-13(7-8)10-11-4-6-15-10/h4,6,8H,2-3,5,7H2,1H3,(H,12,14). The van der Waals surface area contributed by atoms with Crippen LogP contribution in [0.4, 0.5) is 5.13 Å². The molecule has 1 N–H and O–H groups in total. The maximum Gasteiger partial charge on any atom is 0.219 e. The molecule has 4 nitrogen and oxygen atoms in total. The first-order chi connectivity index (χ1) is 7.29. The second-order valence-corrected chi connectivity index (χ2v) is 4.54. The number of carbonyl (C=O) groups is 1. The zero-order valence-electron chi connectivity index (χ0n) is 8.77. The number of nitrogens with one attached hydrogen (secondary N) is 1. The number of nitrogens with zero attached hydrogens (tertiary/aromatic N) is 2. The lowest BCUT2D eigenvalue weighted by Gasteiger charge is -2.15. The second-order valence-electron chi connectivity index (χ2n) is 3.67. The number of amides is 1. The Morgan fingerprint density at radius 1 is 1.80 bits per heavy atom. The third-order valence-corrected chi connectivity index (χ3v) is 3.40. The van der Waals surface area contributed by atoms with E-state index in [0.29, 0.717) is 12.5 Å². The highest BCUT2D eigenvalue weighted by Gasteiger charge is 2.24. The summed E-state index contributed by atoms with van der Waals surface area (Å²) >= 11 is 1.65. The molecule has 1 saturated heterocycles. The van der Waals surface area contributed by atoms with E-state index in [4.69, 9.17) is 0 Å². The van der Waals surface area contributed by atoms with Crippen molar-refractivity contribution in [3.8, 4) is 0 Å². The van der Waals surface area contributed by atoms with Gasteiger partial charge in [-0.15, -0.1) is 11.3 Å². The molecular formula is C10H15N3OS. The molecule has 0 aromatic carbocycles. The largest absolute Gasteiger partial charge is 0.352 e. The molecule has 82 valence electrons. The van der Waals surface area contributed by atoms with Crippen molar-refractivity contribution in [2.45, 2.75) is 25.8 Å². The van der Waals surface area contributed by atoms with Gasteiger partial charge in [0.25, 0.3) is 0 Å². The Hall–Kier alpha value is -1.10. The van der Waals surface area contributed by atoms with Crippen LogP contribution in [-0.2, 0) is 4.79 Å². The van der Waals surface area contributed by atoms with Crippen molar-refractivity contribution in [3.05, 3.63) is 11.6 Å². The molecule has 0 spiro atoms. The molecule has 1 amide bonds. The third kappa shape index (κ3) is 2.47. The Balaban J connectivity index is 1.87. The maximum absolute atomic E-state index is 11.2. The van der Waals surface area contributed by atoms with Gasteiger partial charge in [0.2, 0.25) is 5.91 Å². The number of thiazole rings is 1. The molecule has 1 aromatic rings. The van der Waals surface area contributed by atoms with Crippen LogP contribution in [0.2, 0.25) is 0 Å². The van der Waals surface area contributed by atoms with E-state index in [9.17, 15) is 4.79 Å². The Labute approximate surface area is 93.3 Å². The van der Waals surface area contributed by atoms with Gasteiger partial charge in [-0.2, -0.15) is 0 Å². The second kappa shape index (κ2) is 4.61. The van der Waals surface area contributed by atoms with E-state index in [-0.39, 0.29) is 5.91 Å².